The van der Waals surface area contributed by atoms with Gasteiger partial charge in [0.15, 0.2) is 0 Å². The first-order valence-corrected chi connectivity index (χ1v) is 9.39. The quantitative estimate of drug-likeness (QED) is 0.744. The van der Waals surface area contributed by atoms with Crippen molar-refractivity contribution in [2.24, 2.45) is 11.7 Å². The van der Waals surface area contributed by atoms with Crippen molar-refractivity contribution in [3.05, 3.63) is 29.8 Å². The minimum atomic E-state index is -3.44. The van der Waals surface area contributed by atoms with Gasteiger partial charge in [-0.25, -0.2) is 12.7 Å². The normalized spacial score (nSPS) is 17.0. The van der Waals surface area contributed by atoms with Gasteiger partial charge in [-0.15, -0.1) is 12.4 Å². The Balaban J connectivity index is 0.00000312. The van der Waals surface area contributed by atoms with Crippen molar-refractivity contribution in [2.75, 3.05) is 27.3 Å². The second-order valence-electron chi connectivity index (χ2n) is 6.12. The van der Waals surface area contributed by atoms with Gasteiger partial charge in [-0.1, -0.05) is 12.1 Å². The fourth-order valence-corrected chi connectivity index (χ4v) is 3.49. The number of hydrogen-bond donors (Lipinski definition) is 2. The van der Waals surface area contributed by atoms with Gasteiger partial charge < -0.3 is 15.8 Å². The number of nitrogens with two attached hydrogens (primary N) is 1. The van der Waals surface area contributed by atoms with Crippen LogP contribution in [0.5, 0.6) is 0 Å². The Labute approximate surface area is 155 Å². The molecule has 1 aromatic rings. The summed E-state index contributed by atoms with van der Waals surface area (Å²) in [5.74, 6) is -0.0433. The lowest BCUT2D eigenvalue weighted by molar-refractivity contribution is -0.124. The molecule has 0 radical (unpaired) electrons. The molecular weight excluding hydrogens is 366 g/mol. The summed E-state index contributed by atoms with van der Waals surface area (Å²) in [4.78, 5) is 12.4. The molecular formula is C16H26ClN3O4S. The summed E-state index contributed by atoms with van der Waals surface area (Å²) in [5, 5.41) is 2.81. The predicted octanol–water partition coefficient (Wildman–Crippen LogP) is 0.729. The lowest BCUT2D eigenvalue weighted by Crippen LogP contribution is -2.46. The molecule has 1 aliphatic heterocycles. The molecule has 7 nitrogen and oxygen atoms in total. The maximum Gasteiger partial charge on any atom is 0.242 e. The van der Waals surface area contributed by atoms with E-state index in [2.05, 4.69) is 5.32 Å². The van der Waals surface area contributed by atoms with E-state index in [9.17, 15) is 13.2 Å². The van der Waals surface area contributed by atoms with Crippen LogP contribution in [-0.4, -0.2) is 52.0 Å². The predicted molar refractivity (Wildman–Crippen MR) is 97.9 cm³/mol. The molecule has 0 spiro atoms. The van der Waals surface area contributed by atoms with Crippen LogP contribution in [0.2, 0.25) is 0 Å². The molecule has 1 atom stereocenters. The van der Waals surface area contributed by atoms with Crippen molar-refractivity contribution in [3.63, 3.8) is 0 Å². The van der Waals surface area contributed by atoms with E-state index in [1.165, 1.54) is 26.2 Å². The zero-order valence-corrected chi connectivity index (χ0v) is 16.1. The third-order valence-corrected chi connectivity index (χ3v) is 6.07. The van der Waals surface area contributed by atoms with E-state index < -0.39 is 16.1 Å². The third-order valence-electron chi connectivity index (χ3n) is 4.25. The Morgan fingerprint density at radius 1 is 1.28 bits per heavy atom. The van der Waals surface area contributed by atoms with Gasteiger partial charge in [0.05, 0.1) is 10.9 Å². The van der Waals surface area contributed by atoms with Crippen LogP contribution in [-0.2, 0) is 26.1 Å². The van der Waals surface area contributed by atoms with Crippen molar-refractivity contribution in [1.29, 1.82) is 0 Å². The van der Waals surface area contributed by atoms with Crippen LogP contribution in [0, 0.1) is 5.92 Å². The summed E-state index contributed by atoms with van der Waals surface area (Å²) >= 11 is 0. The van der Waals surface area contributed by atoms with Crippen LogP contribution < -0.4 is 11.1 Å². The van der Waals surface area contributed by atoms with Crippen molar-refractivity contribution in [1.82, 2.24) is 9.62 Å². The van der Waals surface area contributed by atoms with E-state index in [4.69, 9.17) is 10.5 Å². The highest BCUT2D eigenvalue weighted by Crippen LogP contribution is 2.18. The van der Waals surface area contributed by atoms with Gasteiger partial charge in [-0.2, -0.15) is 0 Å². The lowest BCUT2D eigenvalue weighted by atomic mass is 9.92. The summed E-state index contributed by atoms with van der Waals surface area (Å²) in [7, 11) is -0.464. The molecule has 0 aromatic heterocycles. The molecule has 1 aromatic carbocycles. The van der Waals surface area contributed by atoms with Gasteiger partial charge in [0.2, 0.25) is 15.9 Å². The Kier molecular flexibility index (Phi) is 8.30. The number of ether oxygens (including phenoxy) is 1. The van der Waals surface area contributed by atoms with Gasteiger partial charge in [-0.05, 0) is 36.5 Å². The monoisotopic (exact) mass is 391 g/mol. The molecule has 2 rings (SSSR count). The number of nitrogens with one attached hydrogen (secondary N) is 1. The second-order valence-corrected chi connectivity index (χ2v) is 8.28. The van der Waals surface area contributed by atoms with Crippen molar-refractivity contribution >= 4 is 28.3 Å². The van der Waals surface area contributed by atoms with Crippen molar-refractivity contribution < 1.29 is 17.9 Å². The van der Waals surface area contributed by atoms with Crippen LogP contribution in [0.3, 0.4) is 0 Å². The molecule has 142 valence electrons. The van der Waals surface area contributed by atoms with Gasteiger partial charge in [-0.3, -0.25) is 4.79 Å². The zero-order valence-electron chi connectivity index (χ0n) is 14.5. The van der Waals surface area contributed by atoms with E-state index in [1.807, 2.05) is 0 Å². The summed E-state index contributed by atoms with van der Waals surface area (Å²) in [6.45, 7) is 1.61. The van der Waals surface area contributed by atoms with Crippen molar-refractivity contribution in [3.8, 4) is 0 Å². The highest BCUT2D eigenvalue weighted by molar-refractivity contribution is 7.89. The summed E-state index contributed by atoms with van der Waals surface area (Å²) in [6, 6.07) is 5.92. The molecule has 3 N–H and O–H groups in total. The van der Waals surface area contributed by atoms with Gasteiger partial charge in [0.1, 0.15) is 0 Å². The summed E-state index contributed by atoms with van der Waals surface area (Å²) in [6.07, 6.45) is 1.59. The molecule has 1 saturated heterocycles. The Morgan fingerprint density at radius 2 is 1.84 bits per heavy atom. The average molecular weight is 392 g/mol. The highest BCUT2D eigenvalue weighted by Gasteiger charge is 2.26. The standard InChI is InChI=1S/C16H25N3O4S.ClH/c1-19(2)24(21,22)14-5-3-12(4-6-14)11-18-16(20)15(17)13-7-9-23-10-8-13;/h3-6,13,15H,7-11,17H2,1-2H3,(H,18,20);1H. The molecule has 0 bridgehead atoms. The summed E-state index contributed by atoms with van der Waals surface area (Å²) in [5.41, 5.74) is 6.84. The maximum atomic E-state index is 12.2. The number of nitrogens with zero attached hydrogens (tertiary/aromatic N) is 1. The Morgan fingerprint density at radius 3 is 2.36 bits per heavy atom. The van der Waals surface area contributed by atoms with Crippen LogP contribution >= 0.6 is 12.4 Å². The minimum Gasteiger partial charge on any atom is -0.381 e. The van der Waals surface area contributed by atoms with Gasteiger partial charge >= 0.3 is 0 Å². The van der Waals surface area contributed by atoms with Crippen molar-refractivity contribution in [2.45, 2.75) is 30.3 Å². The number of sulfonamides is 1. The molecule has 25 heavy (non-hydrogen) atoms. The molecule has 0 aliphatic carbocycles. The van der Waals surface area contributed by atoms with E-state index in [-0.39, 0.29) is 29.1 Å². The number of amides is 1. The first-order valence-electron chi connectivity index (χ1n) is 7.95. The maximum absolute atomic E-state index is 12.2. The van der Waals surface area contributed by atoms with Gasteiger partial charge in [0.25, 0.3) is 0 Å². The number of rotatable bonds is 6. The zero-order chi connectivity index (χ0) is 17.7. The Hall–Kier alpha value is -1.19. The smallest absolute Gasteiger partial charge is 0.242 e. The molecule has 1 amide bonds. The molecule has 1 fully saturated rings. The second kappa shape index (κ2) is 9.49. The Bertz CT molecular complexity index is 658. The SMILES string of the molecule is CN(C)S(=O)(=O)c1ccc(CNC(=O)C(N)C2CCOCC2)cc1.Cl. The van der Waals surface area contributed by atoms with Crippen LogP contribution in [0.25, 0.3) is 0 Å². The highest BCUT2D eigenvalue weighted by atomic mass is 35.5. The number of benzene rings is 1. The van der Waals surface area contributed by atoms with E-state index in [0.29, 0.717) is 19.8 Å². The first-order chi connectivity index (χ1) is 11.3. The van der Waals surface area contributed by atoms with E-state index in [1.54, 1.807) is 12.1 Å². The molecule has 1 heterocycles. The number of hydrogen-bond acceptors (Lipinski definition) is 5. The van der Waals surface area contributed by atoms with E-state index in [0.717, 1.165) is 22.7 Å². The largest absolute Gasteiger partial charge is 0.381 e. The third kappa shape index (κ3) is 5.65. The first kappa shape index (κ1) is 21.9. The molecule has 1 aliphatic rings. The summed E-state index contributed by atoms with van der Waals surface area (Å²) < 4.78 is 30.4. The minimum absolute atomic E-state index is 0. The van der Waals surface area contributed by atoms with Gasteiger partial charge in [0, 0.05) is 33.9 Å². The van der Waals surface area contributed by atoms with Crippen LogP contribution in [0.1, 0.15) is 18.4 Å². The number of carbonyl (C=O) groups is 1. The van der Waals surface area contributed by atoms with Crippen LogP contribution in [0.4, 0.5) is 0 Å². The molecule has 9 heteroatoms. The number of halogens is 1. The van der Waals surface area contributed by atoms with Crippen LogP contribution in [0.15, 0.2) is 29.2 Å². The fourth-order valence-electron chi connectivity index (χ4n) is 2.59. The topological polar surface area (TPSA) is 102 Å². The number of carbonyl (C=O) groups excluding carboxylic acids is 1. The lowest BCUT2D eigenvalue weighted by Gasteiger charge is -2.26. The van der Waals surface area contributed by atoms with E-state index >= 15 is 0 Å². The molecule has 1 unspecified atom stereocenters. The average Bonchev–Trinajstić information content (AvgIpc) is 2.60. The molecule has 0 saturated carbocycles. The fraction of sp³-hybridized carbons (Fsp3) is 0.562.